The number of benzene rings is 1. The molecule has 0 heterocycles. The molecule has 0 aliphatic rings. The number of anilines is 1. The molecule has 0 radical (unpaired) electrons. The Labute approximate surface area is 122 Å². The van der Waals surface area contributed by atoms with Crippen LogP contribution >= 0.6 is 0 Å². The van der Waals surface area contributed by atoms with E-state index >= 15 is 0 Å². The van der Waals surface area contributed by atoms with Gasteiger partial charge in [0.2, 0.25) is 0 Å². The molecule has 2 nitrogen and oxygen atoms in total. The van der Waals surface area contributed by atoms with E-state index in [1.165, 1.54) is 0 Å². The quantitative estimate of drug-likeness (QED) is 0.765. The predicted molar refractivity (Wildman–Crippen MR) is 84.6 cm³/mol. The van der Waals surface area contributed by atoms with E-state index in [0.29, 0.717) is 12.1 Å². The third kappa shape index (κ3) is 3.98. The van der Waals surface area contributed by atoms with Gasteiger partial charge in [-0.1, -0.05) is 12.8 Å². The third-order valence-electron chi connectivity index (χ3n) is 3.48. The highest BCUT2D eigenvalue weighted by molar-refractivity contribution is 5.57. The van der Waals surface area contributed by atoms with Gasteiger partial charge in [-0.2, -0.15) is 0 Å². The van der Waals surface area contributed by atoms with Crippen LogP contribution in [0, 0.1) is 25.1 Å². The van der Waals surface area contributed by atoms with Crippen LogP contribution in [0.15, 0.2) is 12.1 Å². The van der Waals surface area contributed by atoms with Crippen LogP contribution in [0.3, 0.4) is 0 Å². The highest BCUT2D eigenvalue weighted by Gasteiger charge is 2.16. The normalized spacial score (nSPS) is 12.0. The van der Waals surface area contributed by atoms with Crippen molar-refractivity contribution in [2.45, 2.75) is 40.2 Å². The molecule has 110 valence electrons. The van der Waals surface area contributed by atoms with Crippen LogP contribution in [0.5, 0.6) is 0 Å². The van der Waals surface area contributed by atoms with E-state index in [2.05, 4.69) is 36.9 Å². The smallest absolute Gasteiger partial charge is 0.126 e. The Balaban J connectivity index is 3.19. The fourth-order valence-electron chi connectivity index (χ4n) is 2.25. The average Bonchev–Trinajstić information content (AvgIpc) is 2.44. The summed E-state index contributed by atoms with van der Waals surface area (Å²) in [4.78, 5) is 2.10. The molecule has 0 fully saturated rings. The van der Waals surface area contributed by atoms with E-state index in [1.54, 1.807) is 13.0 Å². The van der Waals surface area contributed by atoms with Crippen molar-refractivity contribution in [1.29, 1.82) is 0 Å². The number of hydrogen-bond donors (Lipinski definition) is 1. The molecule has 1 rings (SSSR count). The Kier molecular flexibility index (Phi) is 6.54. The summed E-state index contributed by atoms with van der Waals surface area (Å²) in [6, 6.07) is 3.64. The van der Waals surface area contributed by atoms with Gasteiger partial charge in [0.25, 0.3) is 0 Å². The summed E-state index contributed by atoms with van der Waals surface area (Å²) >= 11 is 0. The maximum absolute atomic E-state index is 13.9. The van der Waals surface area contributed by atoms with Crippen LogP contribution in [0.2, 0.25) is 0 Å². The van der Waals surface area contributed by atoms with E-state index in [-0.39, 0.29) is 11.9 Å². The molecular weight excluding hydrogens is 251 g/mol. The lowest BCUT2D eigenvalue weighted by molar-refractivity contribution is 0.559. The number of nitrogens with one attached hydrogen (secondary N) is 1. The molecule has 0 aliphatic heterocycles. The number of terminal acetylenes is 1. The van der Waals surface area contributed by atoms with Gasteiger partial charge in [-0.3, -0.25) is 0 Å². The Hall–Kier alpha value is -1.53. The molecule has 0 saturated heterocycles. The first-order valence-corrected chi connectivity index (χ1v) is 7.26. The number of aryl methyl sites for hydroxylation is 1. The summed E-state index contributed by atoms with van der Waals surface area (Å²) < 4.78 is 13.9. The van der Waals surface area contributed by atoms with Crippen molar-refractivity contribution < 1.29 is 4.39 Å². The molecule has 0 bridgehead atoms. The molecule has 0 aliphatic carbocycles. The Bertz CT molecular complexity index is 477. The van der Waals surface area contributed by atoms with Gasteiger partial charge < -0.3 is 10.2 Å². The SMILES string of the molecule is C#CCN(CC)c1cc(C)c(F)cc1C(C)NCCC. The van der Waals surface area contributed by atoms with Crippen LogP contribution in [0.25, 0.3) is 0 Å². The molecule has 1 atom stereocenters. The van der Waals surface area contributed by atoms with Gasteiger partial charge in [-0.25, -0.2) is 4.39 Å². The van der Waals surface area contributed by atoms with Gasteiger partial charge >= 0.3 is 0 Å². The minimum absolute atomic E-state index is 0.104. The zero-order valence-electron chi connectivity index (χ0n) is 13.0. The highest BCUT2D eigenvalue weighted by atomic mass is 19.1. The molecule has 0 saturated carbocycles. The fraction of sp³-hybridized carbons (Fsp3) is 0.529. The van der Waals surface area contributed by atoms with Crippen LogP contribution in [-0.2, 0) is 0 Å². The zero-order chi connectivity index (χ0) is 15.1. The second-order valence-corrected chi connectivity index (χ2v) is 5.05. The minimum Gasteiger partial charge on any atom is -0.360 e. The lowest BCUT2D eigenvalue weighted by Gasteiger charge is -2.27. The van der Waals surface area contributed by atoms with Gasteiger partial charge in [0, 0.05) is 18.3 Å². The summed E-state index contributed by atoms with van der Waals surface area (Å²) in [5.41, 5.74) is 2.65. The first kappa shape index (κ1) is 16.5. The maximum atomic E-state index is 13.9. The maximum Gasteiger partial charge on any atom is 0.126 e. The van der Waals surface area contributed by atoms with Gasteiger partial charge in [0.05, 0.1) is 6.54 Å². The van der Waals surface area contributed by atoms with Crippen LogP contribution in [0.1, 0.15) is 44.4 Å². The average molecular weight is 276 g/mol. The molecule has 0 amide bonds. The number of rotatable bonds is 7. The van der Waals surface area contributed by atoms with Crippen LogP contribution < -0.4 is 10.2 Å². The third-order valence-corrected chi connectivity index (χ3v) is 3.48. The molecular formula is C17H25FN2. The van der Waals surface area contributed by atoms with Crippen molar-refractivity contribution in [3.63, 3.8) is 0 Å². The molecule has 1 aromatic carbocycles. The van der Waals surface area contributed by atoms with Crippen molar-refractivity contribution in [1.82, 2.24) is 5.32 Å². The Morgan fingerprint density at radius 3 is 2.65 bits per heavy atom. The van der Waals surface area contributed by atoms with Crippen molar-refractivity contribution in [2.24, 2.45) is 0 Å². The fourth-order valence-corrected chi connectivity index (χ4v) is 2.25. The standard InChI is InChI=1S/C17H25FN2/c1-6-9-19-14(5)15-12-16(18)13(4)11-17(15)20(8-3)10-7-2/h2,11-12,14,19H,6,8-10H2,1,3-5H3. The summed E-state index contributed by atoms with van der Waals surface area (Å²) in [6.07, 6.45) is 6.49. The zero-order valence-corrected chi connectivity index (χ0v) is 13.0. The molecule has 0 aromatic heterocycles. The number of nitrogens with zero attached hydrogens (tertiary/aromatic N) is 1. The van der Waals surface area contributed by atoms with Crippen molar-refractivity contribution >= 4 is 5.69 Å². The monoisotopic (exact) mass is 276 g/mol. The van der Waals surface area contributed by atoms with Crippen molar-refractivity contribution in [3.05, 3.63) is 29.1 Å². The molecule has 1 N–H and O–H groups in total. The van der Waals surface area contributed by atoms with Crippen LogP contribution in [0.4, 0.5) is 10.1 Å². The second kappa shape index (κ2) is 7.91. The van der Waals surface area contributed by atoms with Gasteiger partial charge in [0.1, 0.15) is 5.82 Å². The van der Waals surface area contributed by atoms with Gasteiger partial charge in [-0.15, -0.1) is 6.42 Å². The Morgan fingerprint density at radius 2 is 2.10 bits per heavy atom. The molecule has 0 spiro atoms. The van der Waals surface area contributed by atoms with E-state index in [0.717, 1.165) is 30.8 Å². The molecule has 3 heteroatoms. The van der Waals surface area contributed by atoms with E-state index in [4.69, 9.17) is 6.42 Å². The second-order valence-electron chi connectivity index (χ2n) is 5.05. The molecule has 20 heavy (non-hydrogen) atoms. The topological polar surface area (TPSA) is 15.3 Å². The molecule has 1 unspecified atom stereocenters. The highest BCUT2D eigenvalue weighted by Crippen LogP contribution is 2.29. The first-order chi connectivity index (χ1) is 9.54. The van der Waals surface area contributed by atoms with E-state index in [1.807, 2.05) is 6.07 Å². The summed E-state index contributed by atoms with van der Waals surface area (Å²) in [5, 5.41) is 3.41. The number of hydrogen-bond acceptors (Lipinski definition) is 2. The number of halogens is 1. The lowest BCUT2D eigenvalue weighted by atomic mass is 10.0. The van der Waals surface area contributed by atoms with Crippen molar-refractivity contribution in [2.75, 3.05) is 24.5 Å². The summed E-state index contributed by atoms with van der Waals surface area (Å²) in [7, 11) is 0. The van der Waals surface area contributed by atoms with E-state index in [9.17, 15) is 4.39 Å². The van der Waals surface area contributed by atoms with Gasteiger partial charge in [0.15, 0.2) is 0 Å². The summed E-state index contributed by atoms with van der Waals surface area (Å²) in [5.74, 6) is 2.51. The largest absolute Gasteiger partial charge is 0.360 e. The van der Waals surface area contributed by atoms with Crippen LogP contribution in [-0.4, -0.2) is 19.6 Å². The van der Waals surface area contributed by atoms with E-state index < -0.39 is 0 Å². The Morgan fingerprint density at radius 1 is 1.40 bits per heavy atom. The summed E-state index contributed by atoms with van der Waals surface area (Å²) in [6.45, 7) is 10.3. The predicted octanol–water partition coefficient (Wildman–Crippen LogP) is 3.65. The first-order valence-electron chi connectivity index (χ1n) is 7.26. The van der Waals surface area contributed by atoms with Crippen molar-refractivity contribution in [3.8, 4) is 12.3 Å². The minimum atomic E-state index is -0.161. The lowest BCUT2D eigenvalue weighted by Crippen LogP contribution is -2.27. The van der Waals surface area contributed by atoms with Gasteiger partial charge in [-0.05, 0) is 57.0 Å². The molecule has 1 aromatic rings.